The Morgan fingerprint density at radius 1 is 1.09 bits per heavy atom. The van der Waals surface area contributed by atoms with Crippen LogP contribution in [0.25, 0.3) is 16.7 Å². The van der Waals surface area contributed by atoms with E-state index in [9.17, 15) is 13.2 Å². The first-order valence-electron chi connectivity index (χ1n) is 10.6. The summed E-state index contributed by atoms with van der Waals surface area (Å²) in [6.45, 7) is 6.11. The maximum Gasteiger partial charge on any atom is 0.266 e. The molecule has 1 aliphatic heterocycles. The van der Waals surface area contributed by atoms with E-state index in [2.05, 4.69) is 30.3 Å². The highest BCUT2D eigenvalue weighted by atomic mass is 19.3. The molecule has 5 rings (SSSR count). The number of nitrogens with zero attached hydrogens (tertiary/aromatic N) is 6. The molecule has 0 saturated carbocycles. The standard InChI is InChI=1S/C22H22F3N7O/c1-12(14-4-3-5-15(18(14)23)19(24)25)28-20-16-10-17(31-6-8-33-9-7-31)22-29-13(2)30-32(22)21(16)27-11-26-20/h3-5,10-12,19H,6-9H2,1-2H3,(H,26,27,28)/t12-/m1/s1. The second-order valence-corrected chi connectivity index (χ2v) is 7.90. The van der Waals surface area contributed by atoms with E-state index >= 15 is 0 Å². The Hall–Kier alpha value is -3.47. The van der Waals surface area contributed by atoms with E-state index in [1.165, 1.54) is 18.5 Å². The highest BCUT2D eigenvalue weighted by Gasteiger charge is 2.23. The van der Waals surface area contributed by atoms with Gasteiger partial charge in [-0.3, -0.25) is 0 Å². The van der Waals surface area contributed by atoms with Gasteiger partial charge in [-0.25, -0.2) is 28.1 Å². The Morgan fingerprint density at radius 2 is 1.85 bits per heavy atom. The van der Waals surface area contributed by atoms with Crippen LogP contribution < -0.4 is 10.2 Å². The molecule has 1 N–H and O–H groups in total. The molecule has 1 fully saturated rings. The fourth-order valence-corrected chi connectivity index (χ4v) is 4.12. The predicted octanol–water partition coefficient (Wildman–Crippen LogP) is 4.07. The van der Waals surface area contributed by atoms with Gasteiger partial charge < -0.3 is 15.0 Å². The third-order valence-corrected chi connectivity index (χ3v) is 5.75. The molecule has 4 aromatic rings. The molecule has 33 heavy (non-hydrogen) atoms. The van der Waals surface area contributed by atoms with Gasteiger partial charge in [0, 0.05) is 18.7 Å². The average molecular weight is 457 g/mol. The maximum atomic E-state index is 14.7. The van der Waals surface area contributed by atoms with Crippen LogP contribution in [0.1, 0.15) is 36.3 Å². The molecule has 0 spiro atoms. The Bertz CT molecular complexity index is 1320. The van der Waals surface area contributed by atoms with E-state index in [4.69, 9.17) is 4.74 Å². The second-order valence-electron chi connectivity index (χ2n) is 7.90. The van der Waals surface area contributed by atoms with Crippen molar-refractivity contribution in [1.29, 1.82) is 0 Å². The summed E-state index contributed by atoms with van der Waals surface area (Å²) >= 11 is 0. The number of nitrogens with one attached hydrogen (secondary N) is 1. The summed E-state index contributed by atoms with van der Waals surface area (Å²) in [5.41, 5.74) is 1.58. The lowest BCUT2D eigenvalue weighted by molar-refractivity contribution is 0.123. The molecule has 11 heteroatoms. The number of hydrogen-bond donors (Lipinski definition) is 1. The molecule has 0 bridgehead atoms. The molecule has 1 aromatic carbocycles. The van der Waals surface area contributed by atoms with E-state index in [0.717, 1.165) is 11.8 Å². The lowest BCUT2D eigenvalue weighted by Gasteiger charge is -2.29. The number of hydrogen-bond acceptors (Lipinski definition) is 7. The largest absolute Gasteiger partial charge is 0.378 e. The topological polar surface area (TPSA) is 80.5 Å². The minimum atomic E-state index is -2.89. The third-order valence-electron chi connectivity index (χ3n) is 5.75. The molecule has 3 aromatic heterocycles. The zero-order valence-corrected chi connectivity index (χ0v) is 18.1. The van der Waals surface area contributed by atoms with Crippen LogP contribution in [-0.4, -0.2) is 50.9 Å². The quantitative estimate of drug-likeness (QED) is 0.484. The zero-order valence-electron chi connectivity index (χ0n) is 18.1. The van der Waals surface area contributed by atoms with Crippen molar-refractivity contribution < 1.29 is 17.9 Å². The molecule has 1 saturated heterocycles. The summed E-state index contributed by atoms with van der Waals surface area (Å²) in [5, 5.41) is 8.34. The van der Waals surface area contributed by atoms with Crippen LogP contribution in [0.15, 0.2) is 30.6 Å². The zero-order chi connectivity index (χ0) is 23.1. The number of alkyl halides is 2. The smallest absolute Gasteiger partial charge is 0.266 e. The summed E-state index contributed by atoms with van der Waals surface area (Å²) in [4.78, 5) is 15.5. The van der Waals surface area contributed by atoms with Gasteiger partial charge in [0.1, 0.15) is 23.8 Å². The number of aryl methyl sites for hydroxylation is 1. The Kier molecular flexibility index (Phi) is 5.49. The van der Waals surface area contributed by atoms with Gasteiger partial charge in [-0.1, -0.05) is 18.2 Å². The van der Waals surface area contributed by atoms with Gasteiger partial charge in [0.25, 0.3) is 6.43 Å². The molecular weight excluding hydrogens is 435 g/mol. The molecule has 4 heterocycles. The van der Waals surface area contributed by atoms with Crippen LogP contribution in [-0.2, 0) is 4.74 Å². The lowest BCUT2D eigenvalue weighted by Crippen LogP contribution is -2.36. The number of pyridine rings is 1. The van der Waals surface area contributed by atoms with Crippen molar-refractivity contribution >= 4 is 28.2 Å². The molecule has 8 nitrogen and oxygen atoms in total. The van der Waals surface area contributed by atoms with E-state index in [1.807, 2.05) is 13.0 Å². The van der Waals surface area contributed by atoms with Crippen molar-refractivity contribution in [1.82, 2.24) is 24.6 Å². The molecule has 0 amide bonds. The summed E-state index contributed by atoms with van der Waals surface area (Å²) in [7, 11) is 0. The molecule has 172 valence electrons. The number of benzene rings is 1. The maximum absolute atomic E-state index is 14.7. The van der Waals surface area contributed by atoms with Crippen LogP contribution in [0.4, 0.5) is 24.7 Å². The third kappa shape index (κ3) is 3.82. The number of ether oxygens (including phenoxy) is 1. The van der Waals surface area contributed by atoms with Crippen LogP contribution in [0.5, 0.6) is 0 Å². The molecule has 0 radical (unpaired) electrons. The molecular formula is C22H22F3N7O. The van der Waals surface area contributed by atoms with Crippen LogP contribution in [0.3, 0.4) is 0 Å². The first kappa shape index (κ1) is 21.4. The van der Waals surface area contributed by atoms with Crippen molar-refractivity contribution in [2.75, 3.05) is 36.5 Å². The molecule has 1 aliphatic rings. The highest BCUT2D eigenvalue weighted by Crippen LogP contribution is 2.33. The van der Waals surface area contributed by atoms with Crippen molar-refractivity contribution in [2.24, 2.45) is 0 Å². The summed E-state index contributed by atoms with van der Waals surface area (Å²) in [6.07, 6.45) is -1.51. The van der Waals surface area contributed by atoms with Gasteiger partial charge in [-0.2, -0.15) is 4.52 Å². The number of fused-ring (bicyclic) bond motifs is 3. The molecule has 0 aliphatic carbocycles. The molecule has 0 unspecified atom stereocenters. The van der Waals surface area contributed by atoms with E-state index in [1.54, 1.807) is 11.4 Å². The minimum absolute atomic E-state index is 0.130. The van der Waals surface area contributed by atoms with Gasteiger partial charge in [0.15, 0.2) is 11.3 Å². The monoisotopic (exact) mass is 457 g/mol. The second kappa shape index (κ2) is 8.47. The minimum Gasteiger partial charge on any atom is -0.378 e. The van der Waals surface area contributed by atoms with Gasteiger partial charge in [-0.15, -0.1) is 5.10 Å². The number of morpholine rings is 1. The first-order chi connectivity index (χ1) is 15.9. The van der Waals surface area contributed by atoms with Crippen LogP contribution in [0.2, 0.25) is 0 Å². The van der Waals surface area contributed by atoms with Crippen LogP contribution in [0, 0.1) is 12.7 Å². The lowest BCUT2D eigenvalue weighted by atomic mass is 10.0. The van der Waals surface area contributed by atoms with Crippen molar-refractivity contribution in [2.45, 2.75) is 26.3 Å². The van der Waals surface area contributed by atoms with Crippen molar-refractivity contribution in [3.8, 4) is 0 Å². The predicted molar refractivity (Wildman–Crippen MR) is 117 cm³/mol. The molecule has 1 atom stereocenters. The Morgan fingerprint density at radius 3 is 2.61 bits per heavy atom. The number of anilines is 2. The number of rotatable bonds is 5. The number of aromatic nitrogens is 5. The van der Waals surface area contributed by atoms with Crippen molar-refractivity contribution in [3.05, 3.63) is 53.4 Å². The van der Waals surface area contributed by atoms with E-state index in [-0.39, 0.29) is 5.56 Å². The average Bonchev–Trinajstić information content (AvgIpc) is 3.21. The Labute approximate surface area is 187 Å². The van der Waals surface area contributed by atoms with Gasteiger partial charge in [0.2, 0.25) is 0 Å². The number of halogens is 3. The summed E-state index contributed by atoms with van der Waals surface area (Å²) in [5.74, 6) is 0.123. The van der Waals surface area contributed by atoms with E-state index in [0.29, 0.717) is 54.6 Å². The Balaban J connectivity index is 1.61. The normalized spacial score (nSPS) is 15.5. The first-order valence-corrected chi connectivity index (χ1v) is 10.6. The fourth-order valence-electron chi connectivity index (χ4n) is 4.12. The summed E-state index contributed by atoms with van der Waals surface area (Å²) in [6, 6.07) is 5.32. The van der Waals surface area contributed by atoms with Gasteiger partial charge in [-0.05, 0) is 19.9 Å². The SMILES string of the molecule is Cc1nc2c(N3CCOCC3)cc3c(N[C@H](C)c4cccc(C(F)F)c4F)ncnc3n2n1. The fraction of sp³-hybridized carbons (Fsp3) is 0.364. The van der Waals surface area contributed by atoms with Gasteiger partial charge in [0.05, 0.1) is 35.9 Å². The van der Waals surface area contributed by atoms with E-state index < -0.39 is 23.8 Å². The summed E-state index contributed by atoms with van der Waals surface area (Å²) < 4.78 is 48.2. The highest BCUT2D eigenvalue weighted by molar-refractivity contribution is 5.93. The van der Waals surface area contributed by atoms with Crippen LogP contribution >= 0.6 is 0 Å². The van der Waals surface area contributed by atoms with Gasteiger partial charge >= 0.3 is 0 Å². The van der Waals surface area contributed by atoms with Crippen molar-refractivity contribution in [3.63, 3.8) is 0 Å².